The maximum atomic E-state index is 14.0. The zero-order chi connectivity index (χ0) is 21.8. The number of likely N-dealkylation sites (N-methyl/N-ethyl adjacent to an activating group) is 1. The van der Waals surface area contributed by atoms with Crippen LogP contribution in [-0.2, 0) is 13.0 Å². The molecule has 0 atom stereocenters. The number of H-pyrrole nitrogens is 1. The Hall–Kier alpha value is -2.93. The zero-order valence-electron chi connectivity index (χ0n) is 17.9. The molecule has 30 heavy (non-hydrogen) atoms. The van der Waals surface area contributed by atoms with Crippen LogP contribution in [0.1, 0.15) is 38.3 Å². The van der Waals surface area contributed by atoms with Gasteiger partial charge >= 0.3 is 0 Å². The van der Waals surface area contributed by atoms with Gasteiger partial charge in [-0.05, 0) is 59.1 Å². The normalized spacial score (nSPS) is 13.5. The van der Waals surface area contributed by atoms with E-state index in [2.05, 4.69) is 35.8 Å². The van der Waals surface area contributed by atoms with E-state index in [1.165, 1.54) is 18.6 Å². The molecule has 7 heteroatoms. The molecular weight excluding hydrogens is 385 g/mol. The summed E-state index contributed by atoms with van der Waals surface area (Å²) in [7, 11) is 1.54. The summed E-state index contributed by atoms with van der Waals surface area (Å²) in [6.07, 6.45) is 2.03. The van der Waals surface area contributed by atoms with Gasteiger partial charge in [-0.25, -0.2) is 4.39 Å². The number of nitrogens with one attached hydrogen (secondary N) is 1. The number of nitrogens with zero attached hydrogens (tertiary/aromatic N) is 2. The van der Waals surface area contributed by atoms with Crippen LogP contribution in [-0.4, -0.2) is 35.2 Å². The van der Waals surface area contributed by atoms with Gasteiger partial charge < -0.3 is 14.8 Å². The summed E-state index contributed by atoms with van der Waals surface area (Å²) in [5.74, 6) is -0.0632. The molecule has 0 saturated heterocycles. The summed E-state index contributed by atoms with van der Waals surface area (Å²) < 4.78 is 19.4. The van der Waals surface area contributed by atoms with E-state index in [9.17, 15) is 14.4 Å². The van der Waals surface area contributed by atoms with Gasteiger partial charge in [0, 0.05) is 24.0 Å². The molecule has 4 rings (SSSR count). The summed E-state index contributed by atoms with van der Waals surface area (Å²) in [6.45, 7) is 8.78. The number of methoxy groups -OCH3 is 1. The predicted molar refractivity (Wildman–Crippen MR) is 118 cm³/mol. The largest absolute Gasteiger partial charge is 0.496 e. The Balaban J connectivity index is 0.000000806. The number of nitroso groups, excluding NO2 is 1. The van der Waals surface area contributed by atoms with E-state index < -0.39 is 0 Å². The highest BCUT2D eigenvalue weighted by Gasteiger charge is 2.26. The van der Waals surface area contributed by atoms with Crippen molar-refractivity contribution in [2.45, 2.75) is 40.2 Å². The van der Waals surface area contributed by atoms with Crippen molar-refractivity contribution in [1.82, 2.24) is 9.88 Å². The first-order valence-electron chi connectivity index (χ1n) is 10.3. The van der Waals surface area contributed by atoms with Crippen molar-refractivity contribution in [3.63, 3.8) is 0 Å². The smallest absolute Gasteiger partial charge is 0.219 e. The highest BCUT2D eigenvalue weighted by molar-refractivity contribution is 6.00. The van der Waals surface area contributed by atoms with Crippen LogP contribution in [0.15, 0.2) is 29.4 Å². The first-order chi connectivity index (χ1) is 14.5. The fourth-order valence-corrected chi connectivity index (χ4v) is 3.94. The molecule has 0 radical (unpaired) electrons. The van der Waals surface area contributed by atoms with Gasteiger partial charge in [0.05, 0.1) is 12.6 Å². The lowest BCUT2D eigenvalue weighted by Crippen LogP contribution is -2.30. The molecule has 1 aliphatic rings. The molecule has 0 saturated carbocycles. The van der Waals surface area contributed by atoms with Crippen molar-refractivity contribution >= 4 is 16.6 Å². The topological polar surface area (TPSA) is 77.9 Å². The summed E-state index contributed by atoms with van der Waals surface area (Å²) >= 11 is 0. The Bertz CT molecular complexity index is 1060. The van der Waals surface area contributed by atoms with Crippen LogP contribution < -0.4 is 4.74 Å². The quantitative estimate of drug-likeness (QED) is 0.524. The van der Waals surface area contributed by atoms with Crippen LogP contribution >= 0.6 is 0 Å². The molecule has 0 bridgehead atoms. The number of aromatic nitrogens is 1. The van der Waals surface area contributed by atoms with E-state index in [0.717, 1.165) is 36.2 Å². The number of rotatable bonds is 4. The van der Waals surface area contributed by atoms with Crippen molar-refractivity contribution in [3.8, 4) is 22.8 Å². The molecule has 6 nitrogen and oxygen atoms in total. The van der Waals surface area contributed by atoms with Crippen LogP contribution in [0.2, 0.25) is 0 Å². The van der Waals surface area contributed by atoms with Gasteiger partial charge in [-0.3, -0.25) is 4.90 Å². The molecule has 160 valence electrons. The Morgan fingerprint density at radius 3 is 2.57 bits per heavy atom. The van der Waals surface area contributed by atoms with Gasteiger partial charge in [-0.2, -0.15) is 0 Å². The molecule has 0 fully saturated rings. The third-order valence-corrected chi connectivity index (χ3v) is 5.32. The minimum absolute atomic E-state index is 0.0296. The van der Waals surface area contributed by atoms with Crippen molar-refractivity contribution in [2.75, 3.05) is 20.2 Å². The van der Waals surface area contributed by atoms with Crippen LogP contribution in [0.4, 0.5) is 10.1 Å². The van der Waals surface area contributed by atoms with Gasteiger partial charge in [0.25, 0.3) is 0 Å². The predicted octanol–water partition coefficient (Wildman–Crippen LogP) is 5.88. The number of hydrogen-bond donors (Lipinski definition) is 2. The fraction of sp³-hybridized carbons (Fsp3) is 0.391. The molecule has 2 heterocycles. The molecule has 3 aromatic rings. The van der Waals surface area contributed by atoms with Gasteiger partial charge in [0.1, 0.15) is 11.6 Å². The first kappa shape index (κ1) is 21.8. The number of ether oxygens (including phenoxy) is 1. The summed E-state index contributed by atoms with van der Waals surface area (Å²) in [4.78, 5) is 16.5. The van der Waals surface area contributed by atoms with Crippen LogP contribution in [0.5, 0.6) is 11.6 Å². The zero-order valence-corrected chi connectivity index (χ0v) is 17.9. The number of aromatic hydroxyl groups is 1. The number of fused-ring (bicyclic) bond motifs is 3. The molecule has 0 aliphatic carbocycles. The summed E-state index contributed by atoms with van der Waals surface area (Å²) in [5.41, 5.74) is 4.15. The average Bonchev–Trinajstić information content (AvgIpc) is 3.08. The van der Waals surface area contributed by atoms with Crippen molar-refractivity contribution in [1.29, 1.82) is 0 Å². The van der Waals surface area contributed by atoms with E-state index in [4.69, 9.17) is 4.74 Å². The SMILES string of the molecule is CCC.CCN1CCc2c(-c3cc(F)ccc3OC)cc3c(N=O)c(O)[nH]c3c2C1. The lowest BCUT2D eigenvalue weighted by atomic mass is 9.88. The Labute approximate surface area is 175 Å². The standard InChI is InChI=1S/C20H20FN3O3.C3H8/c1-3-24-7-6-12-13(14-8-11(21)4-5-17(14)27-2)9-15-18(16(12)10-24)22-20(25)19(15)23-26;1-3-2/h4-5,8-9,22,25H,3,6-7,10H2,1-2H3;3H2,1-2H3. The maximum Gasteiger partial charge on any atom is 0.219 e. The molecule has 2 N–H and O–H groups in total. The average molecular weight is 413 g/mol. The lowest BCUT2D eigenvalue weighted by Gasteiger charge is -2.30. The molecule has 0 spiro atoms. The second-order valence-corrected chi connectivity index (χ2v) is 7.39. The minimum Gasteiger partial charge on any atom is -0.496 e. The number of halogens is 1. The van der Waals surface area contributed by atoms with Gasteiger partial charge in [-0.15, -0.1) is 4.91 Å². The molecule has 2 aromatic carbocycles. The monoisotopic (exact) mass is 413 g/mol. The lowest BCUT2D eigenvalue weighted by molar-refractivity contribution is 0.269. The van der Waals surface area contributed by atoms with E-state index >= 15 is 0 Å². The van der Waals surface area contributed by atoms with Gasteiger partial charge in [0.2, 0.25) is 5.88 Å². The number of aromatic amines is 1. The Kier molecular flexibility index (Phi) is 6.72. The molecule has 1 aliphatic heterocycles. The second kappa shape index (κ2) is 9.26. The second-order valence-electron chi connectivity index (χ2n) is 7.39. The van der Waals surface area contributed by atoms with E-state index in [1.54, 1.807) is 19.2 Å². The van der Waals surface area contributed by atoms with Crippen molar-refractivity contribution in [2.24, 2.45) is 5.18 Å². The maximum absolute atomic E-state index is 14.0. The Morgan fingerprint density at radius 1 is 1.20 bits per heavy atom. The molecule has 1 aromatic heterocycles. The Morgan fingerprint density at radius 2 is 1.93 bits per heavy atom. The highest BCUT2D eigenvalue weighted by atomic mass is 19.1. The van der Waals surface area contributed by atoms with Gasteiger partial charge in [0.15, 0.2) is 5.69 Å². The highest BCUT2D eigenvalue weighted by Crippen LogP contribution is 2.44. The summed E-state index contributed by atoms with van der Waals surface area (Å²) in [5, 5.41) is 13.6. The van der Waals surface area contributed by atoms with Crippen LogP contribution in [0.25, 0.3) is 22.0 Å². The summed E-state index contributed by atoms with van der Waals surface area (Å²) in [6, 6.07) is 6.18. The van der Waals surface area contributed by atoms with E-state index in [1.807, 2.05) is 0 Å². The first-order valence-corrected chi connectivity index (χ1v) is 10.3. The molecule has 0 amide bonds. The van der Waals surface area contributed by atoms with E-state index in [-0.39, 0.29) is 17.4 Å². The molecular formula is C23H28FN3O3. The minimum atomic E-state index is -0.365. The fourth-order valence-electron chi connectivity index (χ4n) is 3.94. The van der Waals surface area contributed by atoms with Crippen molar-refractivity contribution in [3.05, 3.63) is 46.1 Å². The van der Waals surface area contributed by atoms with Crippen LogP contribution in [0, 0.1) is 10.7 Å². The van der Waals surface area contributed by atoms with Gasteiger partial charge in [-0.1, -0.05) is 27.2 Å². The number of benzene rings is 2. The molecule has 0 unspecified atom stereocenters. The van der Waals surface area contributed by atoms with E-state index in [0.29, 0.717) is 28.8 Å². The third-order valence-electron chi connectivity index (χ3n) is 5.32. The number of hydrogen-bond acceptors (Lipinski definition) is 5. The third kappa shape index (κ3) is 3.89. The van der Waals surface area contributed by atoms with Crippen LogP contribution in [0.3, 0.4) is 0 Å². The van der Waals surface area contributed by atoms with Crippen molar-refractivity contribution < 1.29 is 14.2 Å².